The van der Waals surface area contributed by atoms with Gasteiger partial charge in [0.05, 0.1) is 11.1 Å². The van der Waals surface area contributed by atoms with Gasteiger partial charge < -0.3 is 14.9 Å². The minimum absolute atomic E-state index is 0.338. The van der Waals surface area contributed by atoms with Crippen LogP contribution in [0.3, 0.4) is 0 Å². The molecule has 0 aromatic heterocycles. The van der Waals surface area contributed by atoms with Crippen molar-refractivity contribution < 1.29 is 19.7 Å². The Labute approximate surface area is 114 Å². The second-order valence-electron chi connectivity index (χ2n) is 4.54. The predicted molar refractivity (Wildman–Crippen MR) is 69.6 cm³/mol. The molecule has 1 aromatic carbocycles. The van der Waals surface area contributed by atoms with E-state index in [1.165, 1.54) is 19.3 Å². The maximum Gasteiger partial charge on any atom is 0.337 e. The van der Waals surface area contributed by atoms with E-state index in [1.807, 2.05) is 0 Å². The zero-order chi connectivity index (χ0) is 13.1. The first-order valence-electron chi connectivity index (χ1n) is 5.91. The molecule has 1 atom stereocenters. The van der Waals surface area contributed by atoms with Gasteiger partial charge in [-0.05, 0) is 52.4 Å². The lowest BCUT2D eigenvalue weighted by Crippen LogP contribution is -2.19. The molecule has 1 aliphatic rings. The molecule has 0 amide bonds. The molecule has 2 rings (SSSR count). The van der Waals surface area contributed by atoms with Gasteiger partial charge in [0.1, 0.15) is 5.75 Å². The van der Waals surface area contributed by atoms with Crippen LogP contribution >= 0.6 is 15.9 Å². The highest BCUT2D eigenvalue weighted by molar-refractivity contribution is 9.10. The Bertz CT molecular complexity index is 443. The number of carboxylic acids is 1. The lowest BCUT2D eigenvalue weighted by Gasteiger charge is -2.25. The number of rotatable bonds is 5. The molecule has 0 bridgehead atoms. The number of halogens is 1. The monoisotopic (exact) mass is 314 g/mol. The van der Waals surface area contributed by atoms with E-state index in [0.717, 1.165) is 0 Å². The summed E-state index contributed by atoms with van der Waals surface area (Å²) < 4.78 is 6.33. The van der Waals surface area contributed by atoms with Crippen molar-refractivity contribution in [2.24, 2.45) is 5.92 Å². The number of carboxylic acid groups (broad SMARTS) is 1. The third kappa shape index (κ3) is 3.03. The summed E-state index contributed by atoms with van der Waals surface area (Å²) in [4.78, 5) is 10.7. The summed E-state index contributed by atoms with van der Waals surface area (Å²) in [5.41, 5.74) is 0.338. The van der Waals surface area contributed by atoms with Crippen LogP contribution in [0.15, 0.2) is 22.7 Å². The van der Waals surface area contributed by atoms with Gasteiger partial charge in [0.15, 0.2) is 6.10 Å². The van der Waals surface area contributed by atoms with Crippen molar-refractivity contribution in [3.05, 3.63) is 28.2 Å². The zero-order valence-electron chi connectivity index (χ0n) is 9.80. The molecule has 0 aliphatic heterocycles. The molecule has 1 saturated carbocycles. The minimum Gasteiger partial charge on any atom is -0.492 e. The van der Waals surface area contributed by atoms with Gasteiger partial charge in [-0.2, -0.15) is 0 Å². The average molecular weight is 315 g/mol. The molecule has 1 aliphatic carbocycles. The van der Waals surface area contributed by atoms with Gasteiger partial charge in [-0.3, -0.25) is 0 Å². The van der Waals surface area contributed by atoms with Crippen molar-refractivity contribution in [1.29, 1.82) is 0 Å². The number of ether oxygens (including phenoxy) is 1. The molecule has 1 unspecified atom stereocenters. The number of hydrogen-bond donors (Lipinski definition) is 2. The highest BCUT2D eigenvalue weighted by Crippen LogP contribution is 2.31. The van der Waals surface area contributed by atoms with Crippen molar-refractivity contribution in [3.63, 3.8) is 0 Å². The van der Waals surface area contributed by atoms with Crippen LogP contribution in [0.5, 0.6) is 5.75 Å². The molecule has 1 aromatic rings. The third-order valence-corrected chi connectivity index (χ3v) is 3.82. The molecular weight excluding hydrogens is 300 g/mol. The number of aliphatic hydroxyl groups is 1. The first-order valence-corrected chi connectivity index (χ1v) is 6.70. The molecule has 2 N–H and O–H groups in total. The van der Waals surface area contributed by atoms with Crippen molar-refractivity contribution >= 4 is 21.9 Å². The normalized spacial score (nSPS) is 17.0. The molecule has 0 heterocycles. The van der Waals surface area contributed by atoms with E-state index in [2.05, 4.69) is 15.9 Å². The lowest BCUT2D eigenvalue weighted by atomic mass is 9.86. The van der Waals surface area contributed by atoms with Gasteiger partial charge in [-0.15, -0.1) is 0 Å². The minimum atomic E-state index is -1.50. The highest BCUT2D eigenvalue weighted by Gasteiger charge is 2.20. The van der Waals surface area contributed by atoms with Crippen molar-refractivity contribution in [2.45, 2.75) is 25.4 Å². The average Bonchev–Trinajstić information content (AvgIpc) is 2.27. The summed E-state index contributed by atoms with van der Waals surface area (Å²) >= 11 is 3.33. The van der Waals surface area contributed by atoms with Crippen LogP contribution in [-0.2, 0) is 4.79 Å². The second-order valence-corrected chi connectivity index (χ2v) is 5.39. The molecule has 18 heavy (non-hydrogen) atoms. The third-order valence-electron chi connectivity index (χ3n) is 3.20. The fraction of sp³-hybridized carbons (Fsp3) is 0.462. The van der Waals surface area contributed by atoms with Gasteiger partial charge >= 0.3 is 5.97 Å². The van der Waals surface area contributed by atoms with Gasteiger partial charge in [0.25, 0.3) is 0 Å². The van der Waals surface area contributed by atoms with Gasteiger partial charge in [-0.1, -0.05) is 12.5 Å². The standard InChI is InChI=1S/C13H15BrO4/c14-10-6-9(12(15)13(16)17)4-5-11(10)18-7-8-2-1-3-8/h4-6,8,12,15H,1-3,7H2,(H,16,17). The van der Waals surface area contributed by atoms with Gasteiger partial charge in [0.2, 0.25) is 0 Å². The maximum atomic E-state index is 10.7. The Kier molecular flexibility index (Phi) is 4.24. The molecule has 1 fully saturated rings. The summed E-state index contributed by atoms with van der Waals surface area (Å²) in [6, 6.07) is 4.83. The topological polar surface area (TPSA) is 66.8 Å². The van der Waals surface area contributed by atoms with Crippen molar-refractivity contribution in [3.8, 4) is 5.75 Å². The molecule has 0 saturated heterocycles. The Morgan fingerprint density at radius 3 is 2.72 bits per heavy atom. The first-order chi connectivity index (χ1) is 8.58. The van der Waals surface area contributed by atoms with Crippen LogP contribution in [0, 0.1) is 5.92 Å². The van der Waals surface area contributed by atoms with E-state index in [0.29, 0.717) is 28.3 Å². The van der Waals surface area contributed by atoms with Crippen LogP contribution < -0.4 is 4.74 Å². The van der Waals surface area contributed by atoms with E-state index in [1.54, 1.807) is 18.2 Å². The van der Waals surface area contributed by atoms with Crippen molar-refractivity contribution in [1.82, 2.24) is 0 Å². The summed E-state index contributed by atoms with van der Waals surface area (Å²) in [5.74, 6) is 0.0643. The lowest BCUT2D eigenvalue weighted by molar-refractivity contribution is -0.146. The molecule has 98 valence electrons. The Morgan fingerprint density at radius 1 is 1.50 bits per heavy atom. The van der Waals surface area contributed by atoms with Crippen molar-refractivity contribution in [2.75, 3.05) is 6.61 Å². The second kappa shape index (κ2) is 5.71. The summed E-state index contributed by atoms with van der Waals surface area (Å²) in [7, 11) is 0. The number of benzene rings is 1. The Balaban J connectivity index is 2.02. The number of hydrogen-bond acceptors (Lipinski definition) is 3. The fourth-order valence-corrected chi connectivity index (χ4v) is 2.32. The molecule has 0 spiro atoms. The van der Waals surface area contributed by atoms with E-state index in [-0.39, 0.29) is 0 Å². The quantitative estimate of drug-likeness (QED) is 0.877. The molecular formula is C13H15BrO4. The number of carbonyl (C=O) groups is 1. The van der Waals surface area contributed by atoms with E-state index >= 15 is 0 Å². The summed E-state index contributed by atoms with van der Waals surface area (Å²) in [6.07, 6.45) is 2.21. The molecule has 0 radical (unpaired) electrons. The van der Waals surface area contributed by atoms with Crippen LogP contribution in [0.1, 0.15) is 30.9 Å². The van der Waals surface area contributed by atoms with E-state index in [9.17, 15) is 9.90 Å². The smallest absolute Gasteiger partial charge is 0.337 e. The number of aliphatic hydroxyl groups excluding tert-OH is 1. The van der Waals surface area contributed by atoms with Crippen LogP contribution in [0.2, 0.25) is 0 Å². The molecule has 5 heteroatoms. The van der Waals surface area contributed by atoms with Crippen LogP contribution in [-0.4, -0.2) is 22.8 Å². The fourth-order valence-electron chi connectivity index (χ4n) is 1.81. The highest BCUT2D eigenvalue weighted by atomic mass is 79.9. The van der Waals surface area contributed by atoms with Gasteiger partial charge in [-0.25, -0.2) is 4.79 Å². The van der Waals surface area contributed by atoms with Crippen LogP contribution in [0.25, 0.3) is 0 Å². The van der Waals surface area contributed by atoms with Gasteiger partial charge in [0, 0.05) is 0 Å². The molecule has 4 nitrogen and oxygen atoms in total. The summed E-state index contributed by atoms with van der Waals surface area (Å²) in [5, 5.41) is 18.1. The largest absolute Gasteiger partial charge is 0.492 e. The first kappa shape index (κ1) is 13.4. The van der Waals surface area contributed by atoms with E-state index in [4.69, 9.17) is 9.84 Å². The zero-order valence-corrected chi connectivity index (χ0v) is 11.4. The summed E-state index contributed by atoms with van der Waals surface area (Å²) in [6.45, 7) is 0.694. The SMILES string of the molecule is O=C(O)C(O)c1ccc(OCC2CCC2)c(Br)c1. The predicted octanol–water partition coefficient (Wildman–Crippen LogP) is 2.75. The number of aliphatic carboxylic acids is 1. The van der Waals surface area contributed by atoms with E-state index < -0.39 is 12.1 Å². The maximum absolute atomic E-state index is 10.7. The Morgan fingerprint density at radius 2 is 2.22 bits per heavy atom. The van der Waals surface area contributed by atoms with Crippen LogP contribution in [0.4, 0.5) is 0 Å². The Hall–Kier alpha value is -1.07.